The molecule has 1 aliphatic carbocycles. The molecular weight excluding hydrogens is 165 g/mol. The molecule has 2 unspecified atom stereocenters. The highest BCUT2D eigenvalue weighted by Crippen LogP contribution is 2.37. The lowest BCUT2D eigenvalue weighted by molar-refractivity contribution is 0.495. The Hall–Kier alpha value is -0.890. The molecule has 0 aliphatic heterocycles. The number of benzene rings is 1. The number of hydrogen-bond donors (Lipinski definition) is 1. The number of hydrogen-bond acceptors (Lipinski definition) is 1. The lowest BCUT2D eigenvalue weighted by Crippen LogP contribution is -2.14. The molecule has 0 amide bonds. The third-order valence-electron chi connectivity index (χ3n) is 3.01. The Morgan fingerprint density at radius 1 is 1.46 bits per heavy atom. The minimum absolute atomic E-state index is 0.116. The third-order valence-corrected chi connectivity index (χ3v) is 3.01. The zero-order chi connectivity index (χ0) is 9.59. The van der Waals surface area contributed by atoms with E-state index in [-0.39, 0.29) is 11.9 Å². The second-order valence-corrected chi connectivity index (χ2v) is 3.96. The van der Waals surface area contributed by atoms with E-state index in [2.05, 4.69) is 6.92 Å². The van der Waals surface area contributed by atoms with Crippen molar-refractivity contribution in [1.29, 1.82) is 0 Å². The SMILES string of the molecule is Cc1ccc(F)c2c1CC(C)C2N. The molecule has 2 rings (SSSR count). The van der Waals surface area contributed by atoms with Crippen LogP contribution in [-0.2, 0) is 6.42 Å². The molecule has 1 nitrogen and oxygen atoms in total. The van der Waals surface area contributed by atoms with E-state index in [0.29, 0.717) is 5.92 Å². The number of rotatable bonds is 0. The molecule has 1 aromatic carbocycles. The van der Waals surface area contributed by atoms with Crippen molar-refractivity contribution in [3.63, 3.8) is 0 Å². The summed E-state index contributed by atoms with van der Waals surface area (Å²) in [6, 6.07) is 3.24. The molecule has 0 bridgehead atoms. The van der Waals surface area contributed by atoms with Crippen molar-refractivity contribution >= 4 is 0 Å². The first kappa shape index (κ1) is 8.70. The van der Waals surface area contributed by atoms with Crippen LogP contribution in [0.25, 0.3) is 0 Å². The molecule has 1 aliphatic rings. The van der Waals surface area contributed by atoms with Gasteiger partial charge in [0.1, 0.15) is 5.82 Å². The second-order valence-electron chi connectivity index (χ2n) is 3.96. The van der Waals surface area contributed by atoms with Gasteiger partial charge in [0.25, 0.3) is 0 Å². The number of halogens is 1. The van der Waals surface area contributed by atoms with Gasteiger partial charge >= 0.3 is 0 Å². The van der Waals surface area contributed by atoms with Crippen molar-refractivity contribution < 1.29 is 4.39 Å². The summed E-state index contributed by atoms with van der Waals surface area (Å²) < 4.78 is 13.4. The van der Waals surface area contributed by atoms with Gasteiger partial charge in [0, 0.05) is 11.6 Å². The lowest BCUT2D eigenvalue weighted by atomic mass is 10.0. The highest BCUT2D eigenvalue weighted by molar-refractivity contribution is 5.41. The van der Waals surface area contributed by atoms with Gasteiger partial charge in [-0.25, -0.2) is 4.39 Å². The minimum Gasteiger partial charge on any atom is -0.324 e. The van der Waals surface area contributed by atoms with Gasteiger partial charge in [0.05, 0.1) is 0 Å². The van der Waals surface area contributed by atoms with Crippen molar-refractivity contribution in [1.82, 2.24) is 0 Å². The summed E-state index contributed by atoms with van der Waals surface area (Å²) in [5.41, 5.74) is 8.95. The average molecular weight is 179 g/mol. The zero-order valence-corrected chi connectivity index (χ0v) is 7.97. The topological polar surface area (TPSA) is 26.0 Å². The predicted molar refractivity (Wildman–Crippen MR) is 50.9 cm³/mol. The Morgan fingerprint density at radius 2 is 2.15 bits per heavy atom. The summed E-state index contributed by atoms with van der Waals surface area (Å²) in [6.07, 6.45) is 0.917. The van der Waals surface area contributed by atoms with E-state index >= 15 is 0 Å². The van der Waals surface area contributed by atoms with E-state index in [1.165, 1.54) is 6.07 Å². The van der Waals surface area contributed by atoms with Gasteiger partial charge < -0.3 is 5.73 Å². The molecule has 0 aromatic heterocycles. The first-order valence-electron chi connectivity index (χ1n) is 4.64. The third kappa shape index (κ3) is 1.17. The molecule has 0 saturated heterocycles. The van der Waals surface area contributed by atoms with Gasteiger partial charge in [-0.2, -0.15) is 0 Å². The van der Waals surface area contributed by atoms with Crippen LogP contribution in [0.4, 0.5) is 4.39 Å². The average Bonchev–Trinajstić information content (AvgIpc) is 2.38. The van der Waals surface area contributed by atoms with Crippen LogP contribution >= 0.6 is 0 Å². The van der Waals surface area contributed by atoms with Gasteiger partial charge in [0.2, 0.25) is 0 Å². The summed E-state index contributed by atoms with van der Waals surface area (Å²) in [5.74, 6) is 0.225. The second kappa shape index (κ2) is 2.81. The first-order chi connectivity index (χ1) is 6.11. The zero-order valence-electron chi connectivity index (χ0n) is 7.97. The molecule has 13 heavy (non-hydrogen) atoms. The maximum atomic E-state index is 13.4. The number of aryl methyl sites for hydroxylation is 1. The summed E-state index contributed by atoms with van der Waals surface area (Å²) in [6.45, 7) is 4.09. The first-order valence-corrected chi connectivity index (χ1v) is 4.64. The molecule has 0 radical (unpaired) electrons. The Bertz CT molecular complexity index is 346. The van der Waals surface area contributed by atoms with Crippen LogP contribution in [0.2, 0.25) is 0 Å². The molecule has 70 valence electrons. The van der Waals surface area contributed by atoms with E-state index in [1.54, 1.807) is 0 Å². The van der Waals surface area contributed by atoms with Gasteiger partial charge in [0.15, 0.2) is 0 Å². The van der Waals surface area contributed by atoms with Crippen molar-refractivity contribution in [2.24, 2.45) is 11.7 Å². The van der Waals surface area contributed by atoms with Crippen molar-refractivity contribution in [2.45, 2.75) is 26.3 Å². The largest absolute Gasteiger partial charge is 0.324 e. The van der Waals surface area contributed by atoms with Crippen LogP contribution in [0.3, 0.4) is 0 Å². The van der Waals surface area contributed by atoms with Gasteiger partial charge in [-0.3, -0.25) is 0 Å². The molecular formula is C11H14FN. The van der Waals surface area contributed by atoms with Crippen LogP contribution in [-0.4, -0.2) is 0 Å². The van der Waals surface area contributed by atoms with Crippen LogP contribution < -0.4 is 5.73 Å². The number of fused-ring (bicyclic) bond motifs is 1. The molecule has 0 heterocycles. The minimum atomic E-state index is -0.141. The molecule has 2 atom stereocenters. The molecule has 1 aromatic rings. The van der Waals surface area contributed by atoms with Gasteiger partial charge in [-0.1, -0.05) is 13.0 Å². The monoisotopic (exact) mass is 179 g/mol. The molecule has 0 spiro atoms. The van der Waals surface area contributed by atoms with Crippen LogP contribution in [0.1, 0.15) is 29.7 Å². The molecule has 0 fully saturated rings. The fourth-order valence-electron chi connectivity index (χ4n) is 2.11. The summed E-state index contributed by atoms with van der Waals surface area (Å²) in [4.78, 5) is 0. The van der Waals surface area contributed by atoms with E-state index in [0.717, 1.165) is 23.1 Å². The van der Waals surface area contributed by atoms with E-state index in [1.807, 2.05) is 13.0 Å². The van der Waals surface area contributed by atoms with E-state index in [9.17, 15) is 4.39 Å². The van der Waals surface area contributed by atoms with Crippen molar-refractivity contribution in [2.75, 3.05) is 0 Å². The quantitative estimate of drug-likeness (QED) is 0.650. The normalized spacial score (nSPS) is 26.2. The van der Waals surface area contributed by atoms with Crippen molar-refractivity contribution in [3.05, 3.63) is 34.6 Å². The maximum absolute atomic E-state index is 13.4. The molecule has 2 heteroatoms. The van der Waals surface area contributed by atoms with Crippen LogP contribution in [0.5, 0.6) is 0 Å². The Kier molecular flexibility index (Phi) is 1.88. The summed E-state index contributed by atoms with van der Waals surface area (Å²) >= 11 is 0. The fraction of sp³-hybridized carbons (Fsp3) is 0.455. The van der Waals surface area contributed by atoms with Crippen molar-refractivity contribution in [3.8, 4) is 0 Å². The fourth-order valence-corrected chi connectivity index (χ4v) is 2.11. The van der Waals surface area contributed by atoms with E-state index in [4.69, 9.17) is 5.73 Å². The van der Waals surface area contributed by atoms with Gasteiger partial charge in [-0.05, 0) is 36.5 Å². The molecule has 2 N–H and O–H groups in total. The number of nitrogens with two attached hydrogens (primary N) is 1. The maximum Gasteiger partial charge on any atom is 0.128 e. The van der Waals surface area contributed by atoms with E-state index < -0.39 is 0 Å². The van der Waals surface area contributed by atoms with Crippen LogP contribution in [0, 0.1) is 18.7 Å². The smallest absolute Gasteiger partial charge is 0.128 e. The highest BCUT2D eigenvalue weighted by Gasteiger charge is 2.29. The lowest BCUT2D eigenvalue weighted by Gasteiger charge is -2.10. The van der Waals surface area contributed by atoms with Gasteiger partial charge in [-0.15, -0.1) is 0 Å². The Morgan fingerprint density at radius 3 is 2.77 bits per heavy atom. The molecule has 0 saturated carbocycles. The summed E-state index contributed by atoms with van der Waals surface area (Å²) in [5, 5.41) is 0. The highest BCUT2D eigenvalue weighted by atomic mass is 19.1. The summed E-state index contributed by atoms with van der Waals surface area (Å²) in [7, 11) is 0. The van der Waals surface area contributed by atoms with Crippen LogP contribution in [0.15, 0.2) is 12.1 Å². The Labute approximate surface area is 77.8 Å². The predicted octanol–water partition coefficient (Wildman–Crippen LogP) is 2.33. The standard InChI is InChI=1S/C11H14FN/c1-6-3-4-9(12)10-8(6)5-7(2)11(10)13/h3-4,7,11H,5,13H2,1-2H3. The Balaban J connectivity index is 2.61.